The first-order valence-corrected chi connectivity index (χ1v) is 5.91. The van der Waals surface area contributed by atoms with Crippen LogP contribution in [0.15, 0.2) is 24.3 Å². The van der Waals surface area contributed by atoms with Crippen molar-refractivity contribution in [3.8, 4) is 11.5 Å². The number of hydrogen-bond donors (Lipinski definition) is 4. The Morgan fingerprint density at radius 1 is 0.800 bits per heavy atom. The standard InChI is InChI=1S/C14H14N2O4/c1-15-13(19)9-3-7-6-12(18)10(14(20)16-2)4-8(7)5-11(9)17/h3-6,17-18H,1-2H3,(H,15,19)(H,16,20). The molecule has 0 fully saturated rings. The molecule has 6 heteroatoms. The molecule has 2 amide bonds. The van der Waals surface area contributed by atoms with Gasteiger partial charge in [-0.3, -0.25) is 9.59 Å². The van der Waals surface area contributed by atoms with E-state index in [4.69, 9.17) is 0 Å². The molecular formula is C14H14N2O4. The van der Waals surface area contributed by atoms with Crippen LogP contribution in [-0.2, 0) is 0 Å². The average molecular weight is 274 g/mol. The van der Waals surface area contributed by atoms with Crippen LogP contribution in [0.4, 0.5) is 0 Å². The number of amides is 2. The highest BCUT2D eigenvalue weighted by Gasteiger charge is 2.15. The summed E-state index contributed by atoms with van der Waals surface area (Å²) >= 11 is 0. The van der Waals surface area contributed by atoms with E-state index < -0.39 is 11.8 Å². The maximum atomic E-state index is 11.6. The van der Waals surface area contributed by atoms with Gasteiger partial charge in [0.1, 0.15) is 11.5 Å². The lowest BCUT2D eigenvalue weighted by Gasteiger charge is -2.09. The summed E-state index contributed by atoms with van der Waals surface area (Å²) in [4.78, 5) is 23.2. The summed E-state index contributed by atoms with van der Waals surface area (Å²) in [6.07, 6.45) is 0. The molecule has 0 atom stereocenters. The molecule has 20 heavy (non-hydrogen) atoms. The van der Waals surface area contributed by atoms with Crippen molar-refractivity contribution in [3.05, 3.63) is 35.4 Å². The van der Waals surface area contributed by atoms with E-state index in [2.05, 4.69) is 10.6 Å². The maximum Gasteiger partial charge on any atom is 0.254 e. The Morgan fingerprint density at radius 2 is 1.15 bits per heavy atom. The second-order valence-corrected chi connectivity index (χ2v) is 4.24. The van der Waals surface area contributed by atoms with Crippen LogP contribution in [0.3, 0.4) is 0 Å². The molecule has 2 aromatic carbocycles. The fourth-order valence-electron chi connectivity index (χ4n) is 1.96. The van der Waals surface area contributed by atoms with Gasteiger partial charge in [0.25, 0.3) is 11.8 Å². The Hall–Kier alpha value is -2.76. The van der Waals surface area contributed by atoms with E-state index in [0.29, 0.717) is 10.8 Å². The molecule has 0 aliphatic rings. The van der Waals surface area contributed by atoms with Crippen LogP contribution < -0.4 is 10.6 Å². The lowest BCUT2D eigenvalue weighted by Crippen LogP contribution is -2.18. The predicted molar refractivity (Wildman–Crippen MR) is 74.1 cm³/mol. The molecule has 0 spiro atoms. The number of aromatic hydroxyl groups is 2. The van der Waals surface area contributed by atoms with E-state index in [9.17, 15) is 19.8 Å². The van der Waals surface area contributed by atoms with Crippen LogP contribution in [0.25, 0.3) is 10.8 Å². The zero-order chi connectivity index (χ0) is 14.9. The third-order valence-electron chi connectivity index (χ3n) is 3.01. The number of rotatable bonds is 2. The summed E-state index contributed by atoms with van der Waals surface area (Å²) in [7, 11) is 2.91. The minimum Gasteiger partial charge on any atom is -0.507 e. The molecule has 0 aliphatic heterocycles. The van der Waals surface area contributed by atoms with Gasteiger partial charge in [0.15, 0.2) is 0 Å². The molecule has 0 bridgehead atoms. The summed E-state index contributed by atoms with van der Waals surface area (Å²) in [5, 5.41) is 25.6. The Morgan fingerprint density at radius 3 is 1.45 bits per heavy atom. The zero-order valence-corrected chi connectivity index (χ0v) is 11.0. The Balaban J connectivity index is 2.67. The first kappa shape index (κ1) is 13.7. The zero-order valence-electron chi connectivity index (χ0n) is 11.0. The van der Waals surface area contributed by atoms with Crippen molar-refractivity contribution in [1.29, 1.82) is 0 Å². The lowest BCUT2D eigenvalue weighted by atomic mass is 10.0. The summed E-state index contributed by atoms with van der Waals surface area (Å²) < 4.78 is 0. The van der Waals surface area contributed by atoms with Crippen LogP contribution in [-0.4, -0.2) is 36.1 Å². The van der Waals surface area contributed by atoms with E-state index in [1.165, 1.54) is 38.4 Å². The fourth-order valence-corrected chi connectivity index (χ4v) is 1.96. The van der Waals surface area contributed by atoms with Gasteiger partial charge >= 0.3 is 0 Å². The monoisotopic (exact) mass is 274 g/mol. The summed E-state index contributed by atoms with van der Waals surface area (Å²) in [6.45, 7) is 0. The normalized spacial score (nSPS) is 10.3. The van der Waals surface area contributed by atoms with Crippen molar-refractivity contribution in [1.82, 2.24) is 10.6 Å². The van der Waals surface area contributed by atoms with Gasteiger partial charge in [-0.1, -0.05) is 0 Å². The number of phenolic OH excluding ortho intramolecular Hbond substituents is 2. The molecule has 2 aromatic rings. The number of phenols is 2. The third kappa shape index (κ3) is 2.23. The number of fused-ring (bicyclic) bond motifs is 1. The van der Waals surface area contributed by atoms with Crippen LogP contribution in [0, 0.1) is 0 Å². The van der Waals surface area contributed by atoms with E-state index in [0.717, 1.165) is 0 Å². The number of carbonyl (C=O) groups excluding carboxylic acids is 2. The molecular weight excluding hydrogens is 260 g/mol. The number of carbonyl (C=O) groups is 2. The molecule has 0 saturated heterocycles. The molecule has 6 nitrogen and oxygen atoms in total. The first-order chi connectivity index (χ1) is 9.47. The third-order valence-corrected chi connectivity index (χ3v) is 3.01. The second-order valence-electron chi connectivity index (χ2n) is 4.24. The van der Waals surface area contributed by atoms with Gasteiger partial charge < -0.3 is 20.8 Å². The minimum atomic E-state index is -0.431. The van der Waals surface area contributed by atoms with E-state index in [-0.39, 0.29) is 22.6 Å². The van der Waals surface area contributed by atoms with E-state index in [1.807, 2.05) is 0 Å². The summed E-state index contributed by atoms with van der Waals surface area (Å²) in [5.41, 5.74) is 0.208. The average Bonchev–Trinajstić information content (AvgIpc) is 2.44. The smallest absolute Gasteiger partial charge is 0.254 e. The van der Waals surface area contributed by atoms with E-state index >= 15 is 0 Å². The first-order valence-electron chi connectivity index (χ1n) is 5.91. The number of hydrogen-bond acceptors (Lipinski definition) is 4. The highest BCUT2D eigenvalue weighted by Crippen LogP contribution is 2.30. The minimum absolute atomic E-state index is 0.104. The van der Waals surface area contributed by atoms with Crippen molar-refractivity contribution in [2.75, 3.05) is 14.1 Å². The largest absolute Gasteiger partial charge is 0.507 e. The second kappa shape index (κ2) is 5.08. The molecule has 2 rings (SSSR count). The van der Waals surface area contributed by atoms with Gasteiger partial charge in [-0.05, 0) is 35.0 Å². The van der Waals surface area contributed by atoms with Crippen molar-refractivity contribution in [2.45, 2.75) is 0 Å². The Labute approximate surface area is 115 Å². The molecule has 0 saturated carbocycles. The molecule has 0 aliphatic carbocycles. The summed E-state index contributed by atoms with van der Waals surface area (Å²) in [5.74, 6) is -1.24. The van der Waals surface area contributed by atoms with Crippen LogP contribution >= 0.6 is 0 Å². The van der Waals surface area contributed by atoms with Crippen LogP contribution in [0.2, 0.25) is 0 Å². The van der Waals surface area contributed by atoms with E-state index in [1.54, 1.807) is 0 Å². The predicted octanol–water partition coefficient (Wildman–Crippen LogP) is 0.970. The Kier molecular flexibility index (Phi) is 3.47. The SMILES string of the molecule is CNC(=O)c1cc2cc(O)c(C(=O)NC)cc2cc1O. The quantitative estimate of drug-likeness (QED) is 0.655. The highest BCUT2D eigenvalue weighted by molar-refractivity contribution is 6.05. The van der Waals surface area contributed by atoms with Gasteiger partial charge in [-0.15, -0.1) is 0 Å². The van der Waals surface area contributed by atoms with Crippen LogP contribution in [0.5, 0.6) is 11.5 Å². The van der Waals surface area contributed by atoms with Crippen molar-refractivity contribution < 1.29 is 19.8 Å². The number of nitrogens with one attached hydrogen (secondary N) is 2. The van der Waals surface area contributed by atoms with Gasteiger partial charge in [-0.25, -0.2) is 0 Å². The van der Waals surface area contributed by atoms with Crippen molar-refractivity contribution in [2.24, 2.45) is 0 Å². The molecule has 0 unspecified atom stereocenters. The number of benzene rings is 2. The van der Waals surface area contributed by atoms with Gasteiger partial charge in [0.05, 0.1) is 11.1 Å². The molecule has 0 aromatic heterocycles. The molecule has 104 valence electrons. The van der Waals surface area contributed by atoms with Gasteiger partial charge in [0, 0.05) is 14.1 Å². The van der Waals surface area contributed by atoms with Gasteiger partial charge in [0.2, 0.25) is 0 Å². The van der Waals surface area contributed by atoms with Crippen molar-refractivity contribution in [3.63, 3.8) is 0 Å². The lowest BCUT2D eigenvalue weighted by molar-refractivity contribution is 0.0951. The van der Waals surface area contributed by atoms with Gasteiger partial charge in [-0.2, -0.15) is 0 Å². The molecule has 0 heterocycles. The maximum absolute atomic E-state index is 11.6. The topological polar surface area (TPSA) is 98.7 Å². The fraction of sp³-hybridized carbons (Fsp3) is 0.143. The molecule has 0 radical (unpaired) electrons. The summed E-state index contributed by atoms with van der Waals surface area (Å²) in [6, 6.07) is 5.67. The van der Waals surface area contributed by atoms with Crippen LogP contribution in [0.1, 0.15) is 20.7 Å². The van der Waals surface area contributed by atoms with Crippen molar-refractivity contribution >= 4 is 22.6 Å². The Bertz CT molecular complexity index is 649. The highest BCUT2D eigenvalue weighted by atomic mass is 16.3. The molecule has 4 N–H and O–H groups in total.